The molecule has 1 unspecified atom stereocenters. The van der Waals surface area contributed by atoms with Gasteiger partial charge < -0.3 is 5.32 Å². The quantitative estimate of drug-likeness (QED) is 0.574. The molecule has 3 heteroatoms. The second kappa shape index (κ2) is 7.25. The smallest absolute Gasteiger partial charge is 0.0329 e. The second-order valence-electron chi connectivity index (χ2n) is 3.73. The SMILES string of the molecule is C=CCCCC(NC)c1cc(Br)ccc1Br. The second-order valence-corrected chi connectivity index (χ2v) is 5.50. The number of hydrogen-bond donors (Lipinski definition) is 1. The summed E-state index contributed by atoms with van der Waals surface area (Å²) in [4.78, 5) is 0. The van der Waals surface area contributed by atoms with Gasteiger partial charge in [-0.25, -0.2) is 0 Å². The Morgan fingerprint density at radius 2 is 2.19 bits per heavy atom. The lowest BCUT2D eigenvalue weighted by molar-refractivity contribution is 0.528. The van der Waals surface area contributed by atoms with Crippen LogP contribution in [0.1, 0.15) is 30.9 Å². The molecule has 1 aromatic carbocycles. The minimum atomic E-state index is 0.395. The van der Waals surface area contributed by atoms with Crippen molar-refractivity contribution in [3.63, 3.8) is 0 Å². The van der Waals surface area contributed by atoms with E-state index < -0.39 is 0 Å². The van der Waals surface area contributed by atoms with Crippen molar-refractivity contribution in [3.05, 3.63) is 45.4 Å². The summed E-state index contributed by atoms with van der Waals surface area (Å²) >= 11 is 7.11. The lowest BCUT2D eigenvalue weighted by Gasteiger charge is -2.18. The summed E-state index contributed by atoms with van der Waals surface area (Å²) in [6, 6.07) is 6.69. The van der Waals surface area contributed by atoms with Crippen molar-refractivity contribution in [1.82, 2.24) is 5.32 Å². The maximum absolute atomic E-state index is 3.75. The highest BCUT2D eigenvalue weighted by Gasteiger charge is 2.12. The summed E-state index contributed by atoms with van der Waals surface area (Å²) in [7, 11) is 2.01. The molecule has 0 amide bonds. The minimum absolute atomic E-state index is 0.395. The van der Waals surface area contributed by atoms with E-state index in [1.807, 2.05) is 19.2 Å². The largest absolute Gasteiger partial charge is 0.313 e. The first kappa shape index (κ1) is 13.9. The van der Waals surface area contributed by atoms with E-state index in [1.165, 1.54) is 5.56 Å². The molecule has 0 aliphatic carbocycles. The standard InChI is InChI=1S/C13H17Br2N/c1-3-4-5-6-13(16-2)11-9-10(14)7-8-12(11)15/h3,7-9,13,16H,1,4-6H2,2H3. The molecule has 1 rings (SSSR count). The molecule has 1 atom stereocenters. The molecule has 0 heterocycles. The molecule has 1 N–H and O–H groups in total. The Hall–Kier alpha value is -0.120. The van der Waals surface area contributed by atoms with Gasteiger partial charge in [0.25, 0.3) is 0 Å². The van der Waals surface area contributed by atoms with E-state index in [-0.39, 0.29) is 0 Å². The number of rotatable bonds is 6. The van der Waals surface area contributed by atoms with Crippen molar-refractivity contribution >= 4 is 31.9 Å². The maximum Gasteiger partial charge on any atom is 0.0329 e. The predicted octanol–water partition coefficient (Wildman–Crippen LogP) is 4.83. The summed E-state index contributed by atoms with van der Waals surface area (Å²) in [5.41, 5.74) is 1.31. The summed E-state index contributed by atoms with van der Waals surface area (Å²) in [6.45, 7) is 3.75. The van der Waals surface area contributed by atoms with Crippen molar-refractivity contribution in [2.75, 3.05) is 7.05 Å². The topological polar surface area (TPSA) is 12.0 Å². The van der Waals surface area contributed by atoms with Crippen molar-refractivity contribution in [2.24, 2.45) is 0 Å². The third kappa shape index (κ3) is 4.04. The highest BCUT2D eigenvalue weighted by molar-refractivity contribution is 9.11. The molecule has 0 saturated heterocycles. The molecule has 0 saturated carbocycles. The molecule has 88 valence electrons. The number of halogens is 2. The Labute approximate surface area is 115 Å². The van der Waals surface area contributed by atoms with E-state index in [2.05, 4.69) is 55.9 Å². The molecule has 0 aliphatic heterocycles. The summed E-state index contributed by atoms with van der Waals surface area (Å²) < 4.78 is 2.28. The van der Waals surface area contributed by atoms with Crippen molar-refractivity contribution < 1.29 is 0 Å². The van der Waals surface area contributed by atoms with Crippen LogP contribution in [0.2, 0.25) is 0 Å². The van der Waals surface area contributed by atoms with Crippen molar-refractivity contribution in [2.45, 2.75) is 25.3 Å². The fraction of sp³-hybridized carbons (Fsp3) is 0.385. The Morgan fingerprint density at radius 3 is 2.81 bits per heavy atom. The average molecular weight is 347 g/mol. The van der Waals surface area contributed by atoms with E-state index in [0.29, 0.717) is 6.04 Å². The molecule has 0 spiro atoms. The van der Waals surface area contributed by atoms with Crippen LogP contribution >= 0.6 is 31.9 Å². The highest BCUT2D eigenvalue weighted by Crippen LogP contribution is 2.29. The molecular formula is C13H17Br2N. The fourth-order valence-corrected chi connectivity index (χ4v) is 2.61. The number of nitrogens with one attached hydrogen (secondary N) is 1. The Bertz CT molecular complexity index is 350. The van der Waals surface area contributed by atoms with Crippen LogP contribution in [-0.2, 0) is 0 Å². The number of unbranched alkanes of at least 4 members (excludes halogenated alkanes) is 1. The third-order valence-electron chi connectivity index (χ3n) is 2.58. The predicted molar refractivity (Wildman–Crippen MR) is 77.7 cm³/mol. The van der Waals surface area contributed by atoms with Crippen LogP contribution in [0.15, 0.2) is 39.8 Å². The molecule has 0 aromatic heterocycles. The Morgan fingerprint density at radius 1 is 1.44 bits per heavy atom. The molecule has 1 nitrogen and oxygen atoms in total. The van der Waals surface area contributed by atoms with Crippen LogP contribution in [0.25, 0.3) is 0 Å². The van der Waals surface area contributed by atoms with Gasteiger partial charge in [-0.15, -0.1) is 6.58 Å². The van der Waals surface area contributed by atoms with E-state index in [1.54, 1.807) is 0 Å². The van der Waals surface area contributed by atoms with Crippen LogP contribution in [0.3, 0.4) is 0 Å². The first-order valence-electron chi connectivity index (χ1n) is 5.42. The number of allylic oxidation sites excluding steroid dienone is 1. The molecule has 1 aromatic rings. The minimum Gasteiger partial charge on any atom is -0.313 e. The highest BCUT2D eigenvalue weighted by atomic mass is 79.9. The van der Waals surface area contributed by atoms with Gasteiger partial charge in [0.05, 0.1) is 0 Å². The molecular weight excluding hydrogens is 330 g/mol. The van der Waals surface area contributed by atoms with Gasteiger partial charge in [-0.3, -0.25) is 0 Å². The zero-order valence-corrected chi connectivity index (χ0v) is 12.6. The van der Waals surface area contributed by atoms with Gasteiger partial charge in [-0.1, -0.05) is 37.9 Å². The normalized spacial score (nSPS) is 12.4. The summed E-state index contributed by atoms with van der Waals surface area (Å²) in [5.74, 6) is 0. The van der Waals surface area contributed by atoms with Crippen LogP contribution < -0.4 is 5.32 Å². The molecule has 0 radical (unpaired) electrons. The fourth-order valence-electron chi connectivity index (χ4n) is 1.70. The van der Waals surface area contributed by atoms with Gasteiger partial charge in [0, 0.05) is 15.0 Å². The molecule has 16 heavy (non-hydrogen) atoms. The Kier molecular flexibility index (Phi) is 6.32. The van der Waals surface area contributed by atoms with Crippen LogP contribution in [-0.4, -0.2) is 7.05 Å². The van der Waals surface area contributed by atoms with E-state index in [9.17, 15) is 0 Å². The van der Waals surface area contributed by atoms with Crippen LogP contribution in [0.4, 0.5) is 0 Å². The summed E-state index contributed by atoms with van der Waals surface area (Å²) in [5, 5.41) is 3.36. The van der Waals surface area contributed by atoms with Crippen molar-refractivity contribution in [3.8, 4) is 0 Å². The first-order chi connectivity index (χ1) is 7.69. The van der Waals surface area contributed by atoms with E-state index in [0.717, 1.165) is 28.2 Å². The third-order valence-corrected chi connectivity index (χ3v) is 3.80. The lowest BCUT2D eigenvalue weighted by Crippen LogP contribution is -2.16. The van der Waals surface area contributed by atoms with E-state index >= 15 is 0 Å². The monoisotopic (exact) mass is 345 g/mol. The molecule has 0 fully saturated rings. The van der Waals surface area contributed by atoms with Gasteiger partial charge in [0.2, 0.25) is 0 Å². The van der Waals surface area contributed by atoms with Crippen molar-refractivity contribution in [1.29, 1.82) is 0 Å². The van der Waals surface area contributed by atoms with Gasteiger partial charge >= 0.3 is 0 Å². The van der Waals surface area contributed by atoms with Gasteiger partial charge in [0.1, 0.15) is 0 Å². The molecule has 0 bridgehead atoms. The van der Waals surface area contributed by atoms with Gasteiger partial charge in [-0.05, 0) is 50.1 Å². The summed E-state index contributed by atoms with van der Waals surface area (Å²) in [6.07, 6.45) is 5.33. The maximum atomic E-state index is 3.75. The number of benzene rings is 1. The van der Waals surface area contributed by atoms with Crippen LogP contribution in [0, 0.1) is 0 Å². The zero-order chi connectivity index (χ0) is 12.0. The number of hydrogen-bond acceptors (Lipinski definition) is 1. The van der Waals surface area contributed by atoms with Gasteiger partial charge in [-0.2, -0.15) is 0 Å². The average Bonchev–Trinajstić information content (AvgIpc) is 2.28. The van der Waals surface area contributed by atoms with Crippen LogP contribution in [0.5, 0.6) is 0 Å². The zero-order valence-electron chi connectivity index (χ0n) is 9.47. The molecule has 0 aliphatic rings. The Balaban J connectivity index is 2.77. The van der Waals surface area contributed by atoms with E-state index in [4.69, 9.17) is 0 Å². The van der Waals surface area contributed by atoms with Gasteiger partial charge in [0.15, 0.2) is 0 Å². The lowest BCUT2D eigenvalue weighted by atomic mass is 10.0. The first-order valence-corrected chi connectivity index (χ1v) is 7.00.